The fourth-order valence-electron chi connectivity index (χ4n) is 2.62. The molecule has 0 amide bonds. The molecule has 3 aromatic rings. The van der Waals surface area contributed by atoms with Crippen molar-refractivity contribution in [2.75, 3.05) is 5.73 Å². The molecule has 0 spiro atoms. The maximum atomic E-state index is 13.1. The number of nitrogens with one attached hydrogen (secondary N) is 1. The van der Waals surface area contributed by atoms with Crippen LogP contribution in [-0.4, -0.2) is 25.3 Å². The summed E-state index contributed by atoms with van der Waals surface area (Å²) in [7, 11) is -4.14. The summed E-state index contributed by atoms with van der Waals surface area (Å²) in [5.41, 5.74) is 11.1. The van der Waals surface area contributed by atoms with Crippen molar-refractivity contribution in [1.82, 2.24) is 0 Å². The van der Waals surface area contributed by atoms with E-state index in [1.807, 2.05) is 0 Å². The minimum absolute atomic E-state index is 0.150. The summed E-state index contributed by atoms with van der Waals surface area (Å²) in [5.74, 6) is -2.24. The highest BCUT2D eigenvalue weighted by molar-refractivity contribution is 7.91. The number of aromatic carboxylic acids is 1. The number of ether oxygens (including phenoxy) is 1. The Labute approximate surface area is 171 Å². The number of rotatable bonds is 6. The summed E-state index contributed by atoms with van der Waals surface area (Å²) in [6.07, 6.45) is 0. The molecule has 154 valence electrons. The second kappa shape index (κ2) is 7.84. The first-order valence-corrected chi connectivity index (χ1v) is 9.87. The van der Waals surface area contributed by atoms with Crippen LogP contribution >= 0.6 is 0 Å². The van der Waals surface area contributed by atoms with Gasteiger partial charge in [0.15, 0.2) is 5.75 Å². The van der Waals surface area contributed by atoms with Crippen LogP contribution in [0.4, 0.5) is 10.1 Å². The first-order valence-electron chi connectivity index (χ1n) is 8.39. The van der Waals surface area contributed by atoms with Crippen molar-refractivity contribution in [3.63, 3.8) is 0 Å². The van der Waals surface area contributed by atoms with Crippen molar-refractivity contribution in [2.24, 2.45) is 5.73 Å². The molecule has 0 aromatic heterocycles. The molecular formula is C20H16FN3O5S. The van der Waals surface area contributed by atoms with Gasteiger partial charge < -0.3 is 21.3 Å². The monoisotopic (exact) mass is 429 g/mol. The number of hydrogen-bond acceptors (Lipinski definition) is 6. The first-order chi connectivity index (χ1) is 14.1. The van der Waals surface area contributed by atoms with E-state index in [0.717, 1.165) is 36.4 Å². The lowest BCUT2D eigenvalue weighted by Gasteiger charge is -2.14. The molecule has 0 atom stereocenters. The van der Waals surface area contributed by atoms with Gasteiger partial charge in [-0.2, -0.15) is 0 Å². The standard InChI is InChI=1S/C20H16FN3O5S/c21-12-3-7-14(8-4-12)30(27,28)15-9-16(20(25)26)18(17(22)10-15)29-13-5-1-11(2-6-13)19(23)24/h1-10H,22H2,(H3,23,24)(H,25,26). The average Bonchev–Trinajstić information content (AvgIpc) is 2.69. The van der Waals surface area contributed by atoms with Gasteiger partial charge in [-0.1, -0.05) is 0 Å². The van der Waals surface area contributed by atoms with E-state index in [4.69, 9.17) is 21.6 Å². The summed E-state index contributed by atoms with van der Waals surface area (Å²) >= 11 is 0. The van der Waals surface area contributed by atoms with E-state index in [2.05, 4.69) is 0 Å². The molecule has 0 radical (unpaired) electrons. The van der Waals surface area contributed by atoms with E-state index in [1.54, 1.807) is 0 Å². The minimum Gasteiger partial charge on any atom is -0.478 e. The van der Waals surface area contributed by atoms with Crippen LogP contribution < -0.4 is 16.2 Å². The highest BCUT2D eigenvalue weighted by Crippen LogP contribution is 2.35. The minimum atomic E-state index is -4.14. The van der Waals surface area contributed by atoms with Gasteiger partial charge in [-0.3, -0.25) is 5.41 Å². The zero-order valence-electron chi connectivity index (χ0n) is 15.3. The molecule has 3 rings (SSSR count). The maximum absolute atomic E-state index is 13.1. The van der Waals surface area contributed by atoms with E-state index in [-0.39, 0.29) is 32.8 Å². The summed E-state index contributed by atoms with van der Waals surface area (Å²) in [6, 6.07) is 12.0. The Morgan fingerprint density at radius 1 is 1.00 bits per heavy atom. The van der Waals surface area contributed by atoms with Crippen LogP contribution in [0.1, 0.15) is 15.9 Å². The topological polar surface area (TPSA) is 157 Å². The third-order valence-corrected chi connectivity index (χ3v) is 5.89. The lowest BCUT2D eigenvalue weighted by Crippen LogP contribution is -2.10. The molecule has 0 saturated heterocycles. The van der Waals surface area contributed by atoms with Gasteiger partial charge in [0.1, 0.15) is 23.0 Å². The maximum Gasteiger partial charge on any atom is 0.339 e. The molecule has 0 saturated carbocycles. The van der Waals surface area contributed by atoms with E-state index < -0.39 is 27.2 Å². The van der Waals surface area contributed by atoms with Crippen molar-refractivity contribution >= 4 is 27.3 Å². The Morgan fingerprint density at radius 3 is 2.13 bits per heavy atom. The van der Waals surface area contributed by atoms with E-state index in [9.17, 15) is 22.7 Å². The SMILES string of the molecule is N=C(N)c1ccc(Oc2c(N)cc(S(=O)(=O)c3ccc(F)cc3)cc2C(=O)O)cc1. The van der Waals surface area contributed by atoms with Gasteiger partial charge in [0, 0.05) is 5.56 Å². The van der Waals surface area contributed by atoms with Crippen LogP contribution in [0.3, 0.4) is 0 Å². The Kier molecular flexibility index (Phi) is 5.43. The third-order valence-electron chi connectivity index (χ3n) is 4.14. The molecule has 3 aromatic carbocycles. The van der Waals surface area contributed by atoms with Crippen LogP contribution in [0.25, 0.3) is 0 Å². The lowest BCUT2D eigenvalue weighted by molar-refractivity contribution is 0.0694. The number of anilines is 1. The summed E-state index contributed by atoms with van der Waals surface area (Å²) in [6.45, 7) is 0. The fraction of sp³-hybridized carbons (Fsp3) is 0. The quantitative estimate of drug-likeness (QED) is 0.203. The number of carboxylic acid groups (broad SMARTS) is 1. The number of hydrogen-bond donors (Lipinski definition) is 4. The third kappa shape index (κ3) is 4.08. The van der Waals surface area contributed by atoms with Gasteiger partial charge in [-0.05, 0) is 60.7 Å². The van der Waals surface area contributed by atoms with Crippen molar-refractivity contribution in [2.45, 2.75) is 9.79 Å². The molecule has 0 aliphatic rings. The fourth-order valence-corrected chi connectivity index (χ4v) is 3.94. The number of carbonyl (C=O) groups is 1. The number of amidine groups is 1. The van der Waals surface area contributed by atoms with E-state index >= 15 is 0 Å². The second-order valence-corrected chi connectivity index (χ2v) is 8.14. The second-order valence-electron chi connectivity index (χ2n) is 6.19. The number of halogens is 1. The highest BCUT2D eigenvalue weighted by Gasteiger charge is 2.24. The van der Waals surface area contributed by atoms with Crippen molar-refractivity contribution in [3.05, 3.63) is 77.6 Å². The molecule has 0 fully saturated rings. The van der Waals surface area contributed by atoms with Crippen molar-refractivity contribution < 1.29 is 27.4 Å². The zero-order chi connectivity index (χ0) is 22.1. The van der Waals surface area contributed by atoms with Gasteiger partial charge in [-0.15, -0.1) is 0 Å². The van der Waals surface area contributed by atoms with E-state index in [0.29, 0.717) is 5.56 Å². The molecule has 0 aliphatic heterocycles. The molecule has 10 heteroatoms. The molecular weight excluding hydrogens is 413 g/mol. The average molecular weight is 429 g/mol. The van der Waals surface area contributed by atoms with Crippen LogP contribution in [0.15, 0.2) is 70.5 Å². The van der Waals surface area contributed by atoms with Gasteiger partial charge in [0.25, 0.3) is 0 Å². The normalized spacial score (nSPS) is 11.1. The molecule has 8 nitrogen and oxygen atoms in total. The lowest BCUT2D eigenvalue weighted by atomic mass is 10.1. The predicted molar refractivity (Wildman–Crippen MR) is 107 cm³/mol. The number of benzene rings is 3. The molecule has 6 N–H and O–H groups in total. The predicted octanol–water partition coefficient (Wildman–Crippen LogP) is 3.02. The number of nitrogen functional groups attached to an aromatic ring is 2. The number of sulfone groups is 1. The molecule has 0 unspecified atom stereocenters. The Hall–Kier alpha value is -3.92. The van der Waals surface area contributed by atoms with Crippen LogP contribution in [-0.2, 0) is 9.84 Å². The first kappa shape index (κ1) is 20.8. The highest BCUT2D eigenvalue weighted by atomic mass is 32.2. The van der Waals surface area contributed by atoms with Crippen molar-refractivity contribution in [1.29, 1.82) is 5.41 Å². The summed E-state index contributed by atoms with van der Waals surface area (Å²) in [5, 5.41) is 16.9. The summed E-state index contributed by atoms with van der Waals surface area (Å²) < 4.78 is 44.3. The van der Waals surface area contributed by atoms with Gasteiger partial charge in [0.2, 0.25) is 9.84 Å². The van der Waals surface area contributed by atoms with Crippen molar-refractivity contribution in [3.8, 4) is 11.5 Å². The van der Waals surface area contributed by atoms with Crippen LogP contribution in [0, 0.1) is 11.2 Å². The zero-order valence-corrected chi connectivity index (χ0v) is 16.1. The van der Waals surface area contributed by atoms with Crippen LogP contribution in [0.5, 0.6) is 11.5 Å². The molecule has 0 bridgehead atoms. The molecule has 0 aliphatic carbocycles. The Bertz CT molecular complexity index is 1240. The largest absolute Gasteiger partial charge is 0.478 e. The smallest absolute Gasteiger partial charge is 0.339 e. The number of carboxylic acids is 1. The molecule has 0 heterocycles. The number of nitrogens with two attached hydrogens (primary N) is 2. The van der Waals surface area contributed by atoms with Crippen LogP contribution in [0.2, 0.25) is 0 Å². The van der Waals surface area contributed by atoms with E-state index in [1.165, 1.54) is 24.3 Å². The van der Waals surface area contributed by atoms with Gasteiger partial charge in [-0.25, -0.2) is 17.6 Å². The Balaban J connectivity index is 2.05. The summed E-state index contributed by atoms with van der Waals surface area (Å²) in [4.78, 5) is 11.2. The molecule has 30 heavy (non-hydrogen) atoms. The van der Waals surface area contributed by atoms with Gasteiger partial charge >= 0.3 is 5.97 Å². The Morgan fingerprint density at radius 2 is 1.60 bits per heavy atom. The van der Waals surface area contributed by atoms with Gasteiger partial charge in [0.05, 0.1) is 15.5 Å².